The van der Waals surface area contributed by atoms with Crippen molar-refractivity contribution in [2.24, 2.45) is 0 Å². The number of carbonyl (C=O) groups is 2. The van der Waals surface area contributed by atoms with Gasteiger partial charge in [-0.05, 0) is 12.5 Å². The van der Waals surface area contributed by atoms with E-state index in [4.69, 9.17) is 5.11 Å². The second kappa shape index (κ2) is 8.41. The molecule has 0 spiro atoms. The number of carboxylic acid groups (broad SMARTS) is 1. The van der Waals surface area contributed by atoms with E-state index in [1.54, 1.807) is 37.4 Å². The zero-order chi connectivity index (χ0) is 15.8. The molecule has 3 unspecified atom stereocenters. The van der Waals surface area contributed by atoms with Crippen LogP contribution in [0.5, 0.6) is 0 Å². The van der Waals surface area contributed by atoms with Crippen LogP contribution in [0.3, 0.4) is 0 Å². The van der Waals surface area contributed by atoms with Crippen LogP contribution in [0.15, 0.2) is 30.3 Å². The first-order valence-corrected chi connectivity index (χ1v) is 8.25. The molecule has 0 saturated carbocycles. The summed E-state index contributed by atoms with van der Waals surface area (Å²) in [4.78, 5) is 22.8. The summed E-state index contributed by atoms with van der Waals surface area (Å²) in [7, 11) is -1.01. The second-order valence-corrected chi connectivity index (χ2v) is 6.30. The Labute approximate surface area is 126 Å². The van der Waals surface area contributed by atoms with E-state index < -0.39 is 28.8 Å². The van der Waals surface area contributed by atoms with Crippen molar-refractivity contribution in [2.75, 3.05) is 12.0 Å². The molecule has 0 heterocycles. The van der Waals surface area contributed by atoms with Crippen LogP contribution in [0.1, 0.15) is 24.9 Å². The SMILES string of the molecule is CC(CS(C)=O)NC(=O)NC(CC(=O)O)c1ccccc1. The molecule has 1 rings (SSSR count). The van der Waals surface area contributed by atoms with Crippen molar-refractivity contribution in [1.82, 2.24) is 10.6 Å². The Kier molecular flexibility index (Phi) is 6.87. The highest BCUT2D eigenvalue weighted by molar-refractivity contribution is 7.84. The Morgan fingerprint density at radius 2 is 1.86 bits per heavy atom. The summed E-state index contributed by atoms with van der Waals surface area (Å²) in [6.45, 7) is 1.75. The van der Waals surface area contributed by atoms with Crippen molar-refractivity contribution in [3.8, 4) is 0 Å². The normalized spacial score (nSPS) is 14.8. The number of rotatable bonds is 7. The average Bonchev–Trinajstić information content (AvgIpc) is 2.37. The van der Waals surface area contributed by atoms with Gasteiger partial charge in [0, 0.05) is 28.9 Å². The summed E-state index contributed by atoms with van der Waals surface area (Å²) in [6, 6.07) is 7.58. The van der Waals surface area contributed by atoms with Crippen molar-refractivity contribution in [1.29, 1.82) is 0 Å². The number of hydrogen-bond donors (Lipinski definition) is 3. The number of hydrogen-bond acceptors (Lipinski definition) is 3. The lowest BCUT2D eigenvalue weighted by atomic mass is 10.0. The summed E-state index contributed by atoms with van der Waals surface area (Å²) < 4.78 is 11.1. The molecule has 0 fully saturated rings. The number of nitrogens with one attached hydrogen (secondary N) is 2. The van der Waals surface area contributed by atoms with E-state index in [0.717, 1.165) is 5.56 Å². The van der Waals surface area contributed by atoms with Crippen molar-refractivity contribution >= 4 is 22.8 Å². The van der Waals surface area contributed by atoms with Gasteiger partial charge in [-0.25, -0.2) is 4.79 Å². The molecule has 7 heteroatoms. The molecule has 0 aliphatic carbocycles. The Balaban J connectivity index is 2.66. The molecule has 6 nitrogen and oxygen atoms in total. The van der Waals surface area contributed by atoms with Gasteiger partial charge in [-0.1, -0.05) is 30.3 Å². The van der Waals surface area contributed by atoms with Crippen LogP contribution >= 0.6 is 0 Å². The van der Waals surface area contributed by atoms with Crippen molar-refractivity contribution < 1.29 is 18.9 Å². The summed E-state index contributed by atoms with van der Waals surface area (Å²) in [5, 5.41) is 14.2. The second-order valence-electron chi connectivity index (χ2n) is 4.82. The number of aliphatic carboxylic acids is 1. The molecule has 3 N–H and O–H groups in total. The highest BCUT2D eigenvalue weighted by atomic mass is 32.2. The number of urea groups is 1. The Hall–Kier alpha value is -1.89. The molecule has 0 bridgehead atoms. The van der Waals surface area contributed by atoms with Crippen LogP contribution in [-0.2, 0) is 15.6 Å². The minimum Gasteiger partial charge on any atom is -0.481 e. The lowest BCUT2D eigenvalue weighted by molar-refractivity contribution is -0.137. The van der Waals surface area contributed by atoms with Crippen LogP contribution in [0.4, 0.5) is 4.79 Å². The summed E-state index contributed by atoms with van der Waals surface area (Å²) in [5.41, 5.74) is 0.724. The molecular formula is C14H20N2O4S. The topological polar surface area (TPSA) is 95.5 Å². The molecule has 1 aromatic carbocycles. The molecule has 1 aromatic rings. The van der Waals surface area contributed by atoms with Gasteiger partial charge in [-0.15, -0.1) is 0 Å². The molecule has 3 atom stereocenters. The standard InChI is InChI=1S/C14H20N2O4S/c1-10(9-21(2)20)15-14(19)16-12(8-13(17)18)11-6-4-3-5-7-11/h3-7,10,12H,8-9H2,1-2H3,(H,17,18)(H2,15,16,19). The zero-order valence-electron chi connectivity index (χ0n) is 12.0. The smallest absolute Gasteiger partial charge is 0.315 e. The van der Waals surface area contributed by atoms with Gasteiger partial charge in [0.1, 0.15) is 0 Å². The van der Waals surface area contributed by atoms with Crippen LogP contribution < -0.4 is 10.6 Å². The molecule has 0 aliphatic heterocycles. The van der Waals surface area contributed by atoms with Gasteiger partial charge in [0.2, 0.25) is 0 Å². The molecule has 0 saturated heterocycles. The molecule has 0 aliphatic rings. The lowest BCUT2D eigenvalue weighted by Gasteiger charge is -2.20. The van der Waals surface area contributed by atoms with E-state index in [0.29, 0.717) is 5.75 Å². The Bertz CT molecular complexity index is 507. The fourth-order valence-electron chi connectivity index (χ4n) is 1.93. The number of carboxylic acids is 1. The number of benzene rings is 1. The predicted octanol–water partition coefficient (Wildman–Crippen LogP) is 1.27. The minimum atomic E-state index is -1.01. The van der Waals surface area contributed by atoms with Gasteiger partial charge >= 0.3 is 12.0 Å². The van der Waals surface area contributed by atoms with Crippen molar-refractivity contribution in [2.45, 2.75) is 25.4 Å². The first-order valence-electron chi connectivity index (χ1n) is 6.52. The maximum Gasteiger partial charge on any atom is 0.315 e. The molecule has 0 radical (unpaired) electrons. The van der Waals surface area contributed by atoms with E-state index in [9.17, 15) is 13.8 Å². The monoisotopic (exact) mass is 312 g/mol. The van der Waals surface area contributed by atoms with Crippen LogP contribution in [0, 0.1) is 0 Å². The van der Waals surface area contributed by atoms with Gasteiger partial charge in [0.05, 0.1) is 12.5 Å². The predicted molar refractivity (Wildman–Crippen MR) is 81.5 cm³/mol. The summed E-state index contributed by atoms with van der Waals surface area (Å²) in [5.74, 6) is -0.644. The van der Waals surface area contributed by atoms with E-state index >= 15 is 0 Å². The van der Waals surface area contributed by atoms with Gasteiger partial charge in [-0.2, -0.15) is 0 Å². The van der Waals surface area contributed by atoms with E-state index in [2.05, 4.69) is 10.6 Å². The fraction of sp³-hybridized carbons (Fsp3) is 0.429. The molecule has 21 heavy (non-hydrogen) atoms. The van der Waals surface area contributed by atoms with Crippen LogP contribution in [0.25, 0.3) is 0 Å². The third-order valence-electron chi connectivity index (χ3n) is 2.75. The third kappa shape index (κ3) is 6.89. The van der Waals surface area contributed by atoms with E-state index in [1.165, 1.54) is 0 Å². The zero-order valence-corrected chi connectivity index (χ0v) is 12.9. The Morgan fingerprint density at radius 1 is 1.24 bits per heavy atom. The van der Waals surface area contributed by atoms with Crippen molar-refractivity contribution in [3.63, 3.8) is 0 Å². The van der Waals surface area contributed by atoms with Crippen molar-refractivity contribution in [3.05, 3.63) is 35.9 Å². The maximum atomic E-state index is 11.9. The summed E-state index contributed by atoms with van der Waals surface area (Å²) >= 11 is 0. The largest absolute Gasteiger partial charge is 0.481 e. The highest BCUT2D eigenvalue weighted by Crippen LogP contribution is 2.16. The highest BCUT2D eigenvalue weighted by Gasteiger charge is 2.18. The fourth-order valence-corrected chi connectivity index (χ4v) is 2.72. The van der Waals surface area contributed by atoms with Crippen LogP contribution in [-0.4, -0.2) is 39.4 Å². The van der Waals surface area contributed by atoms with E-state index in [-0.39, 0.29) is 12.5 Å². The molecular weight excluding hydrogens is 292 g/mol. The lowest BCUT2D eigenvalue weighted by Crippen LogP contribution is -2.44. The molecule has 116 valence electrons. The van der Waals surface area contributed by atoms with Gasteiger partial charge < -0.3 is 15.7 Å². The quantitative estimate of drug-likeness (QED) is 0.706. The van der Waals surface area contributed by atoms with E-state index in [1.807, 2.05) is 6.07 Å². The molecule has 2 amide bonds. The maximum absolute atomic E-state index is 11.9. The number of carbonyl (C=O) groups excluding carboxylic acids is 1. The first-order chi connectivity index (χ1) is 9.88. The summed E-state index contributed by atoms with van der Waals surface area (Å²) in [6.07, 6.45) is 1.36. The van der Waals surface area contributed by atoms with Gasteiger partial charge in [0.15, 0.2) is 0 Å². The average molecular weight is 312 g/mol. The Morgan fingerprint density at radius 3 is 2.38 bits per heavy atom. The van der Waals surface area contributed by atoms with Crippen LogP contribution in [0.2, 0.25) is 0 Å². The minimum absolute atomic E-state index is 0.203. The van der Waals surface area contributed by atoms with Gasteiger partial charge in [0.25, 0.3) is 0 Å². The molecule has 0 aromatic heterocycles. The number of amides is 2. The first kappa shape index (κ1) is 17.2. The van der Waals surface area contributed by atoms with Gasteiger partial charge in [-0.3, -0.25) is 9.00 Å². The third-order valence-corrected chi connectivity index (χ3v) is 3.72.